The first-order chi connectivity index (χ1) is 17.1. The summed E-state index contributed by atoms with van der Waals surface area (Å²) >= 11 is 5.98. The van der Waals surface area contributed by atoms with Crippen LogP contribution < -0.4 is 4.90 Å². The van der Waals surface area contributed by atoms with E-state index in [0.717, 1.165) is 33.9 Å². The van der Waals surface area contributed by atoms with E-state index >= 15 is 0 Å². The van der Waals surface area contributed by atoms with Gasteiger partial charge in [-0.3, -0.25) is 4.79 Å². The molecule has 3 heterocycles. The molecule has 0 radical (unpaired) electrons. The number of hydrogen-bond acceptors (Lipinski definition) is 5. The fourth-order valence-electron chi connectivity index (χ4n) is 4.55. The molecule has 174 valence electrons. The number of carbonyl (C=O) groups excluding carboxylic acids is 1. The van der Waals surface area contributed by atoms with Gasteiger partial charge in [0.15, 0.2) is 11.5 Å². The second kappa shape index (κ2) is 8.67. The Hall–Kier alpha value is -3.97. The molecule has 0 aliphatic carbocycles. The smallest absolute Gasteiger partial charge is 0.253 e. The number of benzene rings is 3. The summed E-state index contributed by atoms with van der Waals surface area (Å²) in [7, 11) is 0. The van der Waals surface area contributed by atoms with Crippen molar-refractivity contribution in [1.82, 2.24) is 24.5 Å². The zero-order valence-corrected chi connectivity index (χ0v) is 20.0. The van der Waals surface area contributed by atoms with Crippen LogP contribution >= 0.6 is 11.6 Å². The average Bonchev–Trinajstić information content (AvgIpc) is 3.34. The first kappa shape index (κ1) is 21.6. The highest BCUT2D eigenvalue weighted by atomic mass is 35.5. The third-order valence-electron chi connectivity index (χ3n) is 6.48. The van der Waals surface area contributed by atoms with Crippen LogP contribution in [0.3, 0.4) is 0 Å². The fraction of sp³-hybridized carbons (Fsp3) is 0.185. The summed E-state index contributed by atoms with van der Waals surface area (Å²) in [5, 5.41) is 10.7. The third-order valence-corrected chi connectivity index (χ3v) is 6.73. The van der Waals surface area contributed by atoms with Gasteiger partial charge in [-0.2, -0.15) is 0 Å². The summed E-state index contributed by atoms with van der Waals surface area (Å²) < 4.78 is 2.05. The summed E-state index contributed by atoms with van der Waals surface area (Å²) in [6.45, 7) is 4.58. The molecule has 3 aromatic carbocycles. The van der Waals surface area contributed by atoms with Crippen LogP contribution in [0, 0.1) is 6.92 Å². The van der Waals surface area contributed by atoms with Gasteiger partial charge in [0, 0.05) is 47.7 Å². The van der Waals surface area contributed by atoms with Gasteiger partial charge in [-0.05, 0) is 43.3 Å². The molecule has 2 aromatic heterocycles. The molecule has 8 heteroatoms. The standard InChI is InChI=1S/C27H23ClN6O/c1-18-6-8-19(9-7-18)24-30-31-25-22-4-2-3-5-23(22)29-27(34(24)25)33-16-14-32(15-17-33)26(35)20-10-12-21(28)13-11-20/h2-13H,14-17H2,1H3. The van der Waals surface area contributed by atoms with Crippen molar-refractivity contribution in [3.8, 4) is 11.4 Å². The Kier molecular flexibility index (Phi) is 5.34. The van der Waals surface area contributed by atoms with Gasteiger partial charge in [0.1, 0.15) is 0 Å². The number of hydrogen-bond donors (Lipinski definition) is 0. The maximum Gasteiger partial charge on any atom is 0.253 e. The monoisotopic (exact) mass is 482 g/mol. The van der Waals surface area contributed by atoms with Crippen LogP contribution in [0.4, 0.5) is 5.95 Å². The molecule has 1 amide bonds. The van der Waals surface area contributed by atoms with E-state index in [2.05, 4.69) is 46.3 Å². The average molecular weight is 483 g/mol. The van der Waals surface area contributed by atoms with Crippen molar-refractivity contribution < 1.29 is 4.79 Å². The summed E-state index contributed by atoms with van der Waals surface area (Å²) in [5.41, 5.74) is 4.47. The lowest BCUT2D eigenvalue weighted by molar-refractivity contribution is 0.0746. The first-order valence-electron chi connectivity index (χ1n) is 11.6. The first-order valence-corrected chi connectivity index (χ1v) is 12.0. The molecule has 0 saturated carbocycles. The Morgan fingerprint density at radius 1 is 0.857 bits per heavy atom. The van der Waals surface area contributed by atoms with E-state index < -0.39 is 0 Å². The molecule has 5 aromatic rings. The van der Waals surface area contributed by atoms with E-state index in [4.69, 9.17) is 16.6 Å². The molecule has 0 spiro atoms. The molecule has 0 unspecified atom stereocenters. The number of rotatable bonds is 3. The Labute approximate surface area is 207 Å². The molecule has 6 rings (SSSR count). The van der Waals surface area contributed by atoms with Crippen molar-refractivity contribution >= 4 is 40.0 Å². The largest absolute Gasteiger partial charge is 0.338 e. The lowest BCUT2D eigenvalue weighted by atomic mass is 10.1. The fourth-order valence-corrected chi connectivity index (χ4v) is 4.68. The summed E-state index contributed by atoms with van der Waals surface area (Å²) in [6.07, 6.45) is 0. The molecule has 7 nitrogen and oxygen atoms in total. The van der Waals surface area contributed by atoms with Crippen LogP contribution in [-0.2, 0) is 0 Å². The van der Waals surface area contributed by atoms with Crippen LogP contribution in [0.25, 0.3) is 27.9 Å². The van der Waals surface area contributed by atoms with Crippen molar-refractivity contribution in [2.24, 2.45) is 0 Å². The molecular weight excluding hydrogens is 460 g/mol. The molecule has 1 aliphatic rings. The molecular formula is C27H23ClN6O. The van der Waals surface area contributed by atoms with Gasteiger partial charge in [-0.15, -0.1) is 10.2 Å². The summed E-state index contributed by atoms with van der Waals surface area (Å²) in [6, 6.07) is 23.3. The topological polar surface area (TPSA) is 66.6 Å². The highest BCUT2D eigenvalue weighted by molar-refractivity contribution is 6.30. The number of piperazine rings is 1. The Balaban J connectivity index is 1.37. The number of aromatic nitrogens is 4. The van der Waals surface area contributed by atoms with Gasteiger partial charge in [0.2, 0.25) is 5.95 Å². The van der Waals surface area contributed by atoms with Crippen molar-refractivity contribution in [2.75, 3.05) is 31.1 Å². The number of carbonyl (C=O) groups is 1. The number of para-hydroxylation sites is 1. The normalized spacial score (nSPS) is 14.1. The zero-order chi connectivity index (χ0) is 23.9. The molecule has 35 heavy (non-hydrogen) atoms. The van der Waals surface area contributed by atoms with Gasteiger partial charge in [0.05, 0.1) is 5.52 Å². The number of nitrogens with zero attached hydrogens (tertiary/aromatic N) is 6. The highest BCUT2D eigenvalue weighted by Gasteiger charge is 2.26. The van der Waals surface area contributed by atoms with E-state index in [1.165, 1.54) is 5.56 Å². The maximum absolute atomic E-state index is 13.0. The van der Waals surface area contributed by atoms with E-state index in [-0.39, 0.29) is 5.91 Å². The number of amides is 1. The van der Waals surface area contributed by atoms with E-state index in [1.807, 2.05) is 33.6 Å². The zero-order valence-electron chi connectivity index (χ0n) is 19.2. The van der Waals surface area contributed by atoms with Crippen molar-refractivity contribution in [3.05, 3.63) is 88.9 Å². The second-order valence-corrected chi connectivity index (χ2v) is 9.20. The van der Waals surface area contributed by atoms with E-state index in [0.29, 0.717) is 36.8 Å². The summed E-state index contributed by atoms with van der Waals surface area (Å²) in [4.78, 5) is 22.1. The molecule has 0 N–H and O–H groups in total. The van der Waals surface area contributed by atoms with Gasteiger partial charge in [-0.25, -0.2) is 9.38 Å². The minimum Gasteiger partial charge on any atom is -0.338 e. The minimum atomic E-state index is 0.0163. The van der Waals surface area contributed by atoms with E-state index in [9.17, 15) is 4.79 Å². The van der Waals surface area contributed by atoms with Gasteiger partial charge in [0.25, 0.3) is 5.91 Å². The molecule has 0 bridgehead atoms. The number of aryl methyl sites for hydroxylation is 1. The van der Waals surface area contributed by atoms with Gasteiger partial charge < -0.3 is 9.80 Å². The Morgan fingerprint density at radius 3 is 2.31 bits per heavy atom. The maximum atomic E-state index is 13.0. The lowest BCUT2D eigenvalue weighted by Crippen LogP contribution is -2.49. The van der Waals surface area contributed by atoms with Gasteiger partial charge >= 0.3 is 0 Å². The predicted octanol–water partition coefficient (Wildman–Crippen LogP) is 4.87. The Bertz CT molecular complexity index is 1540. The van der Waals surface area contributed by atoms with Crippen LogP contribution in [0.15, 0.2) is 72.8 Å². The number of anilines is 1. The van der Waals surface area contributed by atoms with Crippen LogP contribution in [-0.4, -0.2) is 56.6 Å². The minimum absolute atomic E-state index is 0.0163. The number of fused-ring (bicyclic) bond motifs is 3. The summed E-state index contributed by atoms with van der Waals surface area (Å²) in [5.74, 6) is 1.56. The molecule has 1 saturated heterocycles. The predicted molar refractivity (Wildman–Crippen MR) is 138 cm³/mol. The van der Waals surface area contributed by atoms with Crippen LogP contribution in [0.2, 0.25) is 5.02 Å². The lowest BCUT2D eigenvalue weighted by Gasteiger charge is -2.35. The highest BCUT2D eigenvalue weighted by Crippen LogP contribution is 2.29. The van der Waals surface area contributed by atoms with Crippen molar-refractivity contribution in [1.29, 1.82) is 0 Å². The van der Waals surface area contributed by atoms with Crippen molar-refractivity contribution in [2.45, 2.75) is 6.92 Å². The van der Waals surface area contributed by atoms with Crippen LogP contribution in [0.1, 0.15) is 15.9 Å². The molecule has 1 fully saturated rings. The quantitative estimate of drug-likeness (QED) is 0.367. The van der Waals surface area contributed by atoms with Gasteiger partial charge in [-0.1, -0.05) is 53.6 Å². The second-order valence-electron chi connectivity index (χ2n) is 8.76. The molecule has 0 atom stereocenters. The SMILES string of the molecule is Cc1ccc(-c2nnc3c4ccccc4nc(N4CCN(C(=O)c5ccc(Cl)cc5)CC4)n23)cc1. The van der Waals surface area contributed by atoms with E-state index in [1.54, 1.807) is 24.3 Å². The number of halogens is 1. The van der Waals surface area contributed by atoms with Crippen molar-refractivity contribution in [3.63, 3.8) is 0 Å². The molecule has 1 aliphatic heterocycles. The van der Waals surface area contributed by atoms with Crippen LogP contribution in [0.5, 0.6) is 0 Å². The Morgan fingerprint density at radius 2 is 1.57 bits per heavy atom. The third kappa shape index (κ3) is 3.88.